The third kappa shape index (κ3) is 3.85. The van der Waals surface area contributed by atoms with Crippen molar-refractivity contribution in [2.24, 2.45) is 5.92 Å². The Labute approximate surface area is 169 Å². The summed E-state index contributed by atoms with van der Waals surface area (Å²) in [5, 5.41) is 3.45. The van der Waals surface area contributed by atoms with Gasteiger partial charge in [0.25, 0.3) is 11.5 Å². The van der Waals surface area contributed by atoms with Crippen LogP contribution in [-0.4, -0.2) is 52.0 Å². The molecule has 4 rings (SSSR count). The normalized spacial score (nSPS) is 17.8. The summed E-state index contributed by atoms with van der Waals surface area (Å²) in [5.41, 5.74) is 0.561. The Morgan fingerprint density at radius 1 is 1.24 bits per heavy atom. The molecule has 3 heterocycles. The molecule has 8 nitrogen and oxygen atoms in total. The average Bonchev–Trinajstić information content (AvgIpc) is 3.56. The van der Waals surface area contributed by atoms with Gasteiger partial charge < -0.3 is 10.2 Å². The number of aromatic amines is 1. The van der Waals surface area contributed by atoms with Crippen molar-refractivity contribution in [3.05, 3.63) is 38.2 Å². The van der Waals surface area contributed by atoms with Crippen molar-refractivity contribution < 1.29 is 4.79 Å². The van der Waals surface area contributed by atoms with E-state index >= 15 is 0 Å². The number of carbonyl (C=O) groups excluding carboxylic acids is 1. The molecule has 0 spiro atoms. The Morgan fingerprint density at radius 3 is 2.59 bits per heavy atom. The number of aromatic nitrogens is 3. The number of H-pyrrole nitrogens is 1. The smallest absolute Gasteiger partial charge is 0.329 e. The van der Waals surface area contributed by atoms with E-state index in [0.29, 0.717) is 42.7 Å². The lowest BCUT2D eigenvalue weighted by molar-refractivity contribution is 0.0692. The van der Waals surface area contributed by atoms with Crippen LogP contribution in [0.1, 0.15) is 61.0 Å². The molecule has 1 saturated carbocycles. The molecule has 0 bridgehead atoms. The van der Waals surface area contributed by atoms with Crippen LogP contribution in [0, 0.1) is 5.92 Å². The van der Waals surface area contributed by atoms with E-state index in [1.54, 1.807) is 6.07 Å². The second-order valence-electron chi connectivity index (χ2n) is 8.27. The monoisotopic (exact) mass is 399 g/mol. The molecule has 0 radical (unpaired) electrons. The Kier molecular flexibility index (Phi) is 5.54. The molecule has 1 aliphatic heterocycles. The fourth-order valence-corrected chi connectivity index (χ4v) is 4.28. The standard InChI is InChI=1S/C21H29N5O3/c1-3-8-26-18-17(19(27)24-21(26)29)15(11-16(23-18)14-4-5-14)20(28)25-9-6-13(7-10-25)12-22-2/h11,13-14,22H,3-10,12H2,1-2H3,(H,24,27,29). The van der Waals surface area contributed by atoms with E-state index < -0.39 is 11.2 Å². The van der Waals surface area contributed by atoms with Gasteiger partial charge in [0.05, 0.1) is 10.9 Å². The molecular formula is C21H29N5O3. The first-order valence-corrected chi connectivity index (χ1v) is 10.6. The van der Waals surface area contributed by atoms with Gasteiger partial charge in [0, 0.05) is 31.2 Å². The highest BCUT2D eigenvalue weighted by Gasteiger charge is 2.31. The molecule has 2 aromatic rings. The van der Waals surface area contributed by atoms with Crippen LogP contribution in [0.2, 0.25) is 0 Å². The highest BCUT2D eigenvalue weighted by atomic mass is 16.2. The lowest BCUT2D eigenvalue weighted by Gasteiger charge is -2.32. The number of rotatable bonds is 6. The Hall–Kier alpha value is -2.48. The zero-order valence-electron chi connectivity index (χ0n) is 17.2. The topological polar surface area (TPSA) is 100 Å². The molecular weight excluding hydrogens is 370 g/mol. The van der Waals surface area contributed by atoms with Crippen molar-refractivity contribution in [3.8, 4) is 0 Å². The minimum absolute atomic E-state index is 0.130. The Morgan fingerprint density at radius 2 is 1.97 bits per heavy atom. The molecule has 2 fully saturated rings. The van der Waals surface area contributed by atoms with Crippen LogP contribution in [0.15, 0.2) is 15.7 Å². The van der Waals surface area contributed by atoms with Gasteiger partial charge in [-0.05, 0) is 57.7 Å². The van der Waals surface area contributed by atoms with Crippen LogP contribution in [0.4, 0.5) is 0 Å². The number of fused-ring (bicyclic) bond motifs is 1. The molecule has 8 heteroatoms. The van der Waals surface area contributed by atoms with E-state index in [1.165, 1.54) is 4.57 Å². The fraction of sp³-hybridized carbons (Fsp3) is 0.619. The number of pyridine rings is 1. The van der Waals surface area contributed by atoms with Crippen molar-refractivity contribution in [1.29, 1.82) is 0 Å². The quantitative estimate of drug-likeness (QED) is 0.766. The molecule has 2 aromatic heterocycles. The number of hydrogen-bond acceptors (Lipinski definition) is 5. The summed E-state index contributed by atoms with van der Waals surface area (Å²) in [7, 11) is 1.95. The number of hydrogen-bond donors (Lipinski definition) is 2. The van der Waals surface area contributed by atoms with Crippen molar-refractivity contribution in [2.75, 3.05) is 26.7 Å². The van der Waals surface area contributed by atoms with Gasteiger partial charge in [-0.3, -0.25) is 19.1 Å². The van der Waals surface area contributed by atoms with Gasteiger partial charge >= 0.3 is 5.69 Å². The van der Waals surface area contributed by atoms with Crippen LogP contribution in [0.3, 0.4) is 0 Å². The van der Waals surface area contributed by atoms with E-state index in [2.05, 4.69) is 15.3 Å². The zero-order chi connectivity index (χ0) is 20.5. The van der Waals surface area contributed by atoms with Crippen molar-refractivity contribution >= 4 is 16.9 Å². The molecule has 0 aromatic carbocycles. The number of aryl methyl sites for hydroxylation is 1. The molecule has 0 unspecified atom stereocenters. The molecule has 0 atom stereocenters. The molecule has 1 amide bonds. The second-order valence-corrected chi connectivity index (χ2v) is 8.27. The first kappa shape index (κ1) is 19.8. The molecule has 2 aliphatic rings. The van der Waals surface area contributed by atoms with Gasteiger partial charge in [0.1, 0.15) is 0 Å². The number of nitrogens with one attached hydrogen (secondary N) is 2. The van der Waals surface area contributed by atoms with Crippen molar-refractivity contribution in [2.45, 2.75) is 51.5 Å². The number of likely N-dealkylation sites (tertiary alicyclic amines) is 1. The fourth-order valence-electron chi connectivity index (χ4n) is 4.28. The van der Waals surface area contributed by atoms with Crippen LogP contribution < -0.4 is 16.6 Å². The van der Waals surface area contributed by atoms with Crippen LogP contribution >= 0.6 is 0 Å². The van der Waals surface area contributed by atoms with Gasteiger partial charge in [-0.25, -0.2) is 9.78 Å². The molecule has 1 aliphatic carbocycles. The molecule has 1 saturated heterocycles. The van der Waals surface area contributed by atoms with Crippen molar-refractivity contribution in [3.63, 3.8) is 0 Å². The maximum Gasteiger partial charge on any atom is 0.329 e. The van der Waals surface area contributed by atoms with E-state index in [1.807, 2.05) is 18.9 Å². The summed E-state index contributed by atoms with van der Waals surface area (Å²) in [5.74, 6) is 0.754. The van der Waals surface area contributed by atoms with Gasteiger partial charge in [-0.1, -0.05) is 6.92 Å². The highest BCUT2D eigenvalue weighted by Crippen LogP contribution is 2.40. The number of nitrogens with zero attached hydrogens (tertiary/aromatic N) is 3. The van der Waals surface area contributed by atoms with E-state index in [9.17, 15) is 14.4 Å². The maximum atomic E-state index is 13.4. The lowest BCUT2D eigenvalue weighted by Crippen LogP contribution is -2.41. The average molecular weight is 399 g/mol. The largest absolute Gasteiger partial charge is 0.339 e. The third-order valence-corrected chi connectivity index (χ3v) is 6.04. The summed E-state index contributed by atoms with van der Waals surface area (Å²) < 4.78 is 1.50. The number of piperidine rings is 1. The number of amides is 1. The predicted molar refractivity (Wildman–Crippen MR) is 111 cm³/mol. The molecule has 29 heavy (non-hydrogen) atoms. The van der Waals surface area contributed by atoms with E-state index in [4.69, 9.17) is 0 Å². The minimum Gasteiger partial charge on any atom is -0.339 e. The summed E-state index contributed by atoms with van der Waals surface area (Å²) in [4.78, 5) is 47.4. The minimum atomic E-state index is -0.527. The zero-order valence-corrected chi connectivity index (χ0v) is 17.2. The summed E-state index contributed by atoms with van der Waals surface area (Å²) in [6, 6.07) is 1.79. The van der Waals surface area contributed by atoms with Gasteiger partial charge in [-0.2, -0.15) is 0 Å². The van der Waals surface area contributed by atoms with E-state index in [-0.39, 0.29) is 11.3 Å². The first-order chi connectivity index (χ1) is 14.0. The van der Waals surface area contributed by atoms with Crippen LogP contribution in [0.5, 0.6) is 0 Å². The summed E-state index contributed by atoms with van der Waals surface area (Å²) in [6.45, 7) is 4.74. The SMILES string of the molecule is CCCn1c(=O)[nH]c(=O)c2c(C(=O)N3CCC(CNC)CC3)cc(C3CC3)nc21. The molecule has 156 valence electrons. The highest BCUT2D eigenvalue weighted by molar-refractivity contribution is 6.05. The Balaban J connectivity index is 1.79. The predicted octanol–water partition coefficient (Wildman–Crippen LogP) is 1.44. The summed E-state index contributed by atoms with van der Waals surface area (Å²) in [6.07, 6.45) is 4.69. The van der Waals surface area contributed by atoms with Crippen molar-refractivity contribution in [1.82, 2.24) is 24.8 Å². The Bertz CT molecular complexity index is 1030. The van der Waals surface area contributed by atoms with Crippen LogP contribution in [-0.2, 0) is 6.54 Å². The second kappa shape index (κ2) is 8.10. The summed E-state index contributed by atoms with van der Waals surface area (Å²) >= 11 is 0. The van der Waals surface area contributed by atoms with E-state index in [0.717, 1.165) is 44.3 Å². The van der Waals surface area contributed by atoms with Gasteiger partial charge in [0.2, 0.25) is 0 Å². The molecule has 2 N–H and O–H groups in total. The van der Waals surface area contributed by atoms with Gasteiger partial charge in [0.15, 0.2) is 5.65 Å². The first-order valence-electron chi connectivity index (χ1n) is 10.6. The lowest BCUT2D eigenvalue weighted by atomic mass is 9.96. The maximum absolute atomic E-state index is 13.4. The third-order valence-electron chi connectivity index (χ3n) is 6.04. The van der Waals surface area contributed by atoms with Gasteiger partial charge in [-0.15, -0.1) is 0 Å². The number of carbonyl (C=O) groups is 1. The van der Waals surface area contributed by atoms with Crippen LogP contribution in [0.25, 0.3) is 11.0 Å².